The van der Waals surface area contributed by atoms with Crippen molar-refractivity contribution in [3.8, 4) is 0 Å². The maximum absolute atomic E-state index is 14.8. The van der Waals surface area contributed by atoms with E-state index in [4.69, 9.17) is 5.73 Å². The van der Waals surface area contributed by atoms with E-state index in [0.29, 0.717) is 23.4 Å². The van der Waals surface area contributed by atoms with E-state index in [-0.39, 0.29) is 18.1 Å². The van der Waals surface area contributed by atoms with E-state index in [2.05, 4.69) is 42.5 Å². The lowest BCUT2D eigenvalue weighted by molar-refractivity contribution is 0.305. The van der Waals surface area contributed by atoms with Gasteiger partial charge in [0, 0.05) is 37.6 Å². The van der Waals surface area contributed by atoms with Crippen LogP contribution in [0.25, 0.3) is 0 Å². The molecule has 2 aliphatic heterocycles. The molecule has 0 radical (unpaired) electrons. The van der Waals surface area contributed by atoms with Gasteiger partial charge in [-0.15, -0.1) is 0 Å². The van der Waals surface area contributed by atoms with Crippen molar-refractivity contribution in [2.45, 2.75) is 19.4 Å². The van der Waals surface area contributed by atoms with Crippen LogP contribution >= 0.6 is 0 Å². The first-order valence-corrected chi connectivity index (χ1v) is 12.7. The molecule has 2 aliphatic rings. The van der Waals surface area contributed by atoms with Gasteiger partial charge in [0.2, 0.25) is 0 Å². The van der Waals surface area contributed by atoms with Crippen LogP contribution in [-0.2, 0) is 13.0 Å². The summed E-state index contributed by atoms with van der Waals surface area (Å²) in [4.78, 5) is 15.1. The topological polar surface area (TPSA) is 103 Å². The molecule has 2 aromatic rings. The van der Waals surface area contributed by atoms with Crippen LogP contribution in [0.2, 0.25) is 0 Å². The molecule has 5 N–H and O–H groups in total. The number of aliphatic imine (C=N–C) groups is 2. The molecule has 0 saturated carbocycles. The Bertz CT molecular complexity index is 1120. The molecule has 10 heteroatoms. The number of allylic oxidation sites excluding steroid dienone is 1. The lowest BCUT2D eigenvalue weighted by Gasteiger charge is -2.17. The highest BCUT2D eigenvalue weighted by molar-refractivity contribution is 6.11. The fraction of sp³-hybridized carbons (Fsp3) is 0.444. The zero-order valence-corrected chi connectivity index (χ0v) is 21.3. The Kier molecular flexibility index (Phi) is 9.32. The molecule has 1 aromatic carbocycles. The van der Waals surface area contributed by atoms with Crippen molar-refractivity contribution in [2.24, 2.45) is 27.6 Å². The molecule has 8 nitrogen and oxygen atoms in total. The van der Waals surface area contributed by atoms with E-state index in [0.717, 1.165) is 69.3 Å². The monoisotopic (exact) mass is 510 g/mol. The Labute approximate surface area is 217 Å². The third-order valence-electron chi connectivity index (χ3n) is 7.01. The summed E-state index contributed by atoms with van der Waals surface area (Å²) in [6.07, 6.45) is 4.01. The number of rotatable bonds is 12. The van der Waals surface area contributed by atoms with Crippen molar-refractivity contribution in [1.82, 2.24) is 20.5 Å². The first kappa shape index (κ1) is 26.8. The number of fused-ring (bicyclic) bond motifs is 1. The Morgan fingerprint density at radius 1 is 1.30 bits per heavy atom. The molecule has 0 spiro atoms. The van der Waals surface area contributed by atoms with Gasteiger partial charge >= 0.3 is 0 Å². The third-order valence-corrected chi connectivity index (χ3v) is 7.01. The minimum absolute atomic E-state index is 0.0370. The lowest BCUT2D eigenvalue weighted by Crippen LogP contribution is -2.25. The number of likely N-dealkylation sites (tertiary alicyclic amines) is 1. The lowest BCUT2D eigenvalue weighted by atomic mass is 10.00. The third kappa shape index (κ3) is 6.76. The van der Waals surface area contributed by atoms with Crippen molar-refractivity contribution in [1.29, 1.82) is 0 Å². The molecule has 2 saturated heterocycles. The molecule has 0 aliphatic carbocycles. The first-order chi connectivity index (χ1) is 18.0. The van der Waals surface area contributed by atoms with Crippen LogP contribution < -0.4 is 21.7 Å². The Balaban J connectivity index is 1.42. The van der Waals surface area contributed by atoms with E-state index < -0.39 is 11.6 Å². The number of anilines is 1. The number of hydrogen-bond acceptors (Lipinski definition) is 8. The van der Waals surface area contributed by atoms with Crippen LogP contribution in [0.15, 0.2) is 52.5 Å². The molecule has 2 unspecified atom stereocenters. The van der Waals surface area contributed by atoms with Crippen LogP contribution in [0.1, 0.15) is 23.1 Å². The molecule has 3 heterocycles. The van der Waals surface area contributed by atoms with Gasteiger partial charge < -0.3 is 21.7 Å². The Morgan fingerprint density at radius 2 is 2.08 bits per heavy atom. The first-order valence-electron chi connectivity index (χ1n) is 12.7. The number of nitrogens with one attached hydrogen (secondary N) is 3. The highest BCUT2D eigenvalue weighted by Gasteiger charge is 2.35. The fourth-order valence-electron chi connectivity index (χ4n) is 5.16. The number of hydrogen-bond donors (Lipinski definition) is 4. The summed E-state index contributed by atoms with van der Waals surface area (Å²) in [5.41, 5.74) is 7.67. The zero-order chi connectivity index (χ0) is 26.2. The number of nitrogens with two attached hydrogens (primary N) is 1. The Hall–Kier alpha value is -3.21. The van der Waals surface area contributed by atoms with E-state index in [9.17, 15) is 8.78 Å². The maximum Gasteiger partial charge on any atom is 0.164 e. The van der Waals surface area contributed by atoms with Crippen molar-refractivity contribution in [3.63, 3.8) is 0 Å². The average Bonchev–Trinajstić information content (AvgIpc) is 3.49. The summed E-state index contributed by atoms with van der Waals surface area (Å²) in [6, 6.07) is 6.84. The molecule has 2 fully saturated rings. The van der Waals surface area contributed by atoms with Crippen molar-refractivity contribution >= 4 is 23.9 Å². The molecule has 2 atom stereocenters. The van der Waals surface area contributed by atoms with E-state index in [1.807, 2.05) is 25.4 Å². The molecule has 1 aromatic heterocycles. The molecule has 4 rings (SSSR count). The number of halogens is 2. The summed E-state index contributed by atoms with van der Waals surface area (Å²) in [6.45, 7) is 9.63. The highest BCUT2D eigenvalue weighted by atomic mass is 19.1. The van der Waals surface area contributed by atoms with Gasteiger partial charge in [-0.2, -0.15) is 0 Å². The second-order valence-electron chi connectivity index (χ2n) is 9.61. The normalized spacial score (nSPS) is 20.3. The molecule has 0 bridgehead atoms. The minimum atomic E-state index is -0.740. The quantitative estimate of drug-likeness (QED) is 0.259. The van der Waals surface area contributed by atoms with Crippen LogP contribution in [0, 0.1) is 17.7 Å². The van der Waals surface area contributed by atoms with Crippen LogP contribution in [0.3, 0.4) is 0 Å². The standard InChI is InChI=1S/C27H36F2N8/c1-31-7-3-4-19-8-20(9-23(28)26(19)32-2)27(24(29)10-30)36-17-35-25-6-5-18(11-34-25)14-37-15-21-12-33-13-22(21)16-37/h5-6,8-11,21-22,31,33H,2-4,7,12-17,30H2,1H3,(H,34,35)/b24-10+,36-27-. The van der Waals surface area contributed by atoms with Crippen LogP contribution in [0.5, 0.6) is 0 Å². The van der Waals surface area contributed by atoms with Gasteiger partial charge in [0.05, 0.1) is 0 Å². The summed E-state index contributed by atoms with van der Waals surface area (Å²) in [7, 11) is 1.85. The van der Waals surface area contributed by atoms with E-state index in [1.54, 1.807) is 6.07 Å². The smallest absolute Gasteiger partial charge is 0.164 e. The van der Waals surface area contributed by atoms with E-state index in [1.165, 1.54) is 6.07 Å². The van der Waals surface area contributed by atoms with Crippen molar-refractivity contribution < 1.29 is 8.78 Å². The fourth-order valence-corrected chi connectivity index (χ4v) is 5.16. The number of aromatic nitrogens is 1. The predicted molar refractivity (Wildman–Crippen MR) is 146 cm³/mol. The zero-order valence-electron chi connectivity index (χ0n) is 21.3. The van der Waals surface area contributed by atoms with Gasteiger partial charge in [-0.1, -0.05) is 6.07 Å². The van der Waals surface area contributed by atoms with Crippen LogP contribution in [0.4, 0.5) is 20.3 Å². The Morgan fingerprint density at radius 3 is 2.73 bits per heavy atom. The summed E-state index contributed by atoms with van der Waals surface area (Å²) < 4.78 is 29.5. The summed E-state index contributed by atoms with van der Waals surface area (Å²) in [5, 5.41) is 9.61. The minimum Gasteiger partial charge on any atom is -0.402 e. The van der Waals surface area contributed by atoms with Gasteiger partial charge in [-0.05, 0) is 87.4 Å². The van der Waals surface area contributed by atoms with Gasteiger partial charge in [0.1, 0.15) is 29.7 Å². The number of pyridine rings is 1. The van der Waals surface area contributed by atoms with Crippen LogP contribution in [-0.4, -0.2) is 68.8 Å². The highest BCUT2D eigenvalue weighted by Crippen LogP contribution is 2.28. The number of benzene rings is 1. The van der Waals surface area contributed by atoms with Gasteiger partial charge in [-0.3, -0.25) is 14.9 Å². The number of aryl methyl sites for hydroxylation is 1. The largest absolute Gasteiger partial charge is 0.402 e. The SMILES string of the molecule is C=Nc1c(F)cc(C(=N/CNc2ccc(CN3CC4CNCC4C3)cn2)/C(F)=C\N)cc1CCCNC. The summed E-state index contributed by atoms with van der Waals surface area (Å²) >= 11 is 0. The molecule has 0 amide bonds. The summed E-state index contributed by atoms with van der Waals surface area (Å²) in [5.74, 6) is 0.817. The molecule has 198 valence electrons. The van der Waals surface area contributed by atoms with Crippen molar-refractivity contribution in [3.05, 3.63) is 65.0 Å². The van der Waals surface area contributed by atoms with Gasteiger partial charge in [-0.25, -0.2) is 13.8 Å². The number of nitrogens with zero attached hydrogens (tertiary/aromatic N) is 4. The van der Waals surface area contributed by atoms with Gasteiger partial charge in [0.15, 0.2) is 5.83 Å². The maximum atomic E-state index is 14.8. The average molecular weight is 511 g/mol. The molecular weight excluding hydrogens is 474 g/mol. The van der Waals surface area contributed by atoms with Crippen molar-refractivity contribution in [2.75, 3.05) is 51.8 Å². The second kappa shape index (κ2) is 12.8. The predicted octanol–water partition coefficient (Wildman–Crippen LogP) is 2.98. The van der Waals surface area contributed by atoms with Gasteiger partial charge in [0.25, 0.3) is 0 Å². The molecule has 37 heavy (non-hydrogen) atoms. The molecular formula is C27H36F2N8. The van der Waals surface area contributed by atoms with E-state index >= 15 is 0 Å². The second-order valence-corrected chi connectivity index (χ2v) is 9.61.